The third-order valence-electron chi connectivity index (χ3n) is 11.6. The number of nitrogens with one attached hydrogen (secondary N) is 3. The van der Waals surface area contributed by atoms with Crippen LogP contribution in [0.1, 0.15) is 62.2 Å². The number of Topliss-reactive ketones (excluding diaryl/α,β-unsaturated/α-hetero) is 1. The monoisotopic (exact) mass is 997 g/mol. The molecule has 2 fully saturated rings. The Morgan fingerprint density at radius 3 is 2.07 bits per heavy atom. The highest BCUT2D eigenvalue weighted by molar-refractivity contribution is 6.42. The Bertz CT molecular complexity index is 2620. The van der Waals surface area contributed by atoms with Gasteiger partial charge >= 0.3 is 0 Å². The molecule has 7 rings (SSSR count). The average Bonchev–Trinajstić information content (AvgIpc) is 3.58. The molecule has 360 valence electrons. The van der Waals surface area contributed by atoms with Gasteiger partial charge in [0.15, 0.2) is 5.78 Å². The Labute approximate surface area is 414 Å². The van der Waals surface area contributed by atoms with Gasteiger partial charge in [0.1, 0.15) is 12.1 Å². The molecule has 3 aliphatic heterocycles. The van der Waals surface area contributed by atoms with Crippen LogP contribution in [0.15, 0.2) is 96.1 Å². The number of carbonyl (C=O) groups excluding carboxylic acids is 7. The average molecular weight is 999 g/mol. The Balaban J connectivity index is 0.865. The van der Waals surface area contributed by atoms with Gasteiger partial charge in [0, 0.05) is 60.8 Å². The van der Waals surface area contributed by atoms with Gasteiger partial charge < -0.3 is 29.7 Å². The number of anilines is 1. The van der Waals surface area contributed by atoms with Crippen molar-refractivity contribution in [2.75, 3.05) is 64.6 Å². The summed E-state index contributed by atoms with van der Waals surface area (Å²) < 4.78 is 16.9. The van der Waals surface area contributed by atoms with Crippen LogP contribution in [-0.2, 0) is 44.6 Å². The molecule has 3 heterocycles. The van der Waals surface area contributed by atoms with E-state index in [1.54, 1.807) is 59.5 Å². The maximum Gasteiger partial charge on any atom is 0.264 e. The summed E-state index contributed by atoms with van der Waals surface area (Å²) in [7, 11) is 0. The topological polar surface area (TPSA) is 190 Å². The van der Waals surface area contributed by atoms with E-state index in [9.17, 15) is 33.6 Å². The van der Waals surface area contributed by atoms with Crippen molar-refractivity contribution in [2.45, 2.75) is 44.7 Å². The quantitative estimate of drug-likeness (QED) is 0.0497. The lowest BCUT2D eigenvalue weighted by Crippen LogP contribution is -2.54. The van der Waals surface area contributed by atoms with Crippen LogP contribution in [-0.4, -0.2) is 122 Å². The zero-order valence-corrected chi connectivity index (χ0v) is 40.0. The molecule has 18 heteroatoms. The molecule has 0 aromatic heterocycles. The lowest BCUT2D eigenvalue weighted by molar-refractivity contribution is -0.137. The third kappa shape index (κ3) is 13.1. The number of hydrogen-bond donors (Lipinski definition) is 3. The molecule has 4 aromatic rings. The standard InChI is InChI=1S/C51H50Cl3N5O10/c1-31-24-33(10-12-38(31)52)25-35-29-58(30-36(47(35)62)26-34-11-13-39(53)40(54)27-34)50(65)42(28-32-6-3-2-4-7-32)56-45(61)16-18-67-20-22-69-23-21-68-19-17-55-41-9-5-8-37-46(41)51(66)59(49(37)64)43-14-15-44(60)57-48(43)63/h2-13,24-27,42-43,55H,14-23,28-30H2,1H3,(H,56,61)(H,57,60,63)/b35-25+,36-26+/t42-,43?/m0/s1. The number of amides is 6. The van der Waals surface area contributed by atoms with Crippen molar-refractivity contribution >= 4 is 93.9 Å². The summed E-state index contributed by atoms with van der Waals surface area (Å²) in [5.74, 6) is -3.27. The fourth-order valence-corrected chi connectivity index (χ4v) is 8.55. The Kier molecular flexibility index (Phi) is 17.5. The summed E-state index contributed by atoms with van der Waals surface area (Å²) in [5, 5.41) is 9.52. The maximum atomic E-state index is 14.5. The van der Waals surface area contributed by atoms with Crippen LogP contribution in [0.3, 0.4) is 0 Å². The minimum Gasteiger partial charge on any atom is -0.382 e. The van der Waals surface area contributed by atoms with Gasteiger partial charge in [-0.05, 0) is 78.1 Å². The van der Waals surface area contributed by atoms with E-state index in [0.717, 1.165) is 21.6 Å². The summed E-state index contributed by atoms with van der Waals surface area (Å²) in [6, 6.07) is 22.6. The number of hydrogen-bond acceptors (Lipinski definition) is 11. The van der Waals surface area contributed by atoms with Gasteiger partial charge in [-0.25, -0.2) is 0 Å². The van der Waals surface area contributed by atoms with Crippen LogP contribution in [0, 0.1) is 6.92 Å². The van der Waals surface area contributed by atoms with Gasteiger partial charge in [0.05, 0.1) is 60.8 Å². The summed E-state index contributed by atoms with van der Waals surface area (Å²) in [6.45, 7) is 3.52. The van der Waals surface area contributed by atoms with Crippen LogP contribution in [0.5, 0.6) is 0 Å². The Morgan fingerprint density at radius 2 is 1.41 bits per heavy atom. The minimum atomic E-state index is -1.05. The van der Waals surface area contributed by atoms with E-state index in [0.29, 0.717) is 44.0 Å². The number of aryl methyl sites for hydroxylation is 1. The fourth-order valence-electron chi connectivity index (χ4n) is 8.12. The molecule has 0 spiro atoms. The third-order valence-corrected chi connectivity index (χ3v) is 12.8. The fraction of sp³-hybridized carbons (Fsp3) is 0.314. The summed E-state index contributed by atoms with van der Waals surface area (Å²) in [4.78, 5) is 94.7. The van der Waals surface area contributed by atoms with Gasteiger partial charge in [0.25, 0.3) is 11.8 Å². The molecule has 0 aliphatic carbocycles. The number of imide groups is 2. The first kappa shape index (κ1) is 50.7. The number of ketones is 1. The van der Waals surface area contributed by atoms with Crippen LogP contribution in [0.25, 0.3) is 12.2 Å². The zero-order valence-electron chi connectivity index (χ0n) is 37.7. The number of ether oxygens (including phenoxy) is 3. The normalized spacial score (nSPS) is 17.6. The number of halogens is 3. The molecule has 0 bridgehead atoms. The Morgan fingerprint density at radius 1 is 0.754 bits per heavy atom. The predicted octanol–water partition coefficient (Wildman–Crippen LogP) is 6.51. The van der Waals surface area contributed by atoms with E-state index in [-0.39, 0.29) is 107 Å². The lowest BCUT2D eigenvalue weighted by Gasteiger charge is -2.33. The first-order valence-corrected chi connectivity index (χ1v) is 23.5. The molecule has 0 saturated carbocycles. The van der Waals surface area contributed by atoms with Gasteiger partial charge in [0.2, 0.25) is 23.6 Å². The highest BCUT2D eigenvalue weighted by Gasteiger charge is 2.45. The predicted molar refractivity (Wildman–Crippen MR) is 261 cm³/mol. The SMILES string of the molecule is Cc1cc(/C=C2\CN(C(=O)[C@H](Cc3ccccc3)NC(=O)CCOCCOCCOCCNc3cccc4c3C(=O)N(C3CCC(=O)NC3=O)C4=O)C/C(=C\c3ccc(Cl)c(Cl)c3)C2=O)ccc1Cl. The highest BCUT2D eigenvalue weighted by atomic mass is 35.5. The van der Waals surface area contributed by atoms with Gasteiger partial charge in [-0.15, -0.1) is 0 Å². The number of likely N-dealkylation sites (tertiary alicyclic amines) is 1. The molecule has 0 radical (unpaired) electrons. The van der Waals surface area contributed by atoms with Crippen molar-refractivity contribution in [3.8, 4) is 0 Å². The van der Waals surface area contributed by atoms with E-state index in [1.807, 2.05) is 43.3 Å². The van der Waals surface area contributed by atoms with E-state index in [1.165, 1.54) is 6.07 Å². The van der Waals surface area contributed by atoms with Crippen molar-refractivity contribution in [1.82, 2.24) is 20.4 Å². The number of piperidine rings is 2. The smallest absolute Gasteiger partial charge is 0.264 e. The van der Waals surface area contributed by atoms with Gasteiger partial charge in [-0.2, -0.15) is 0 Å². The first-order chi connectivity index (χ1) is 33.3. The van der Waals surface area contributed by atoms with Crippen molar-refractivity contribution in [3.63, 3.8) is 0 Å². The van der Waals surface area contributed by atoms with Crippen molar-refractivity contribution < 1.29 is 47.8 Å². The van der Waals surface area contributed by atoms with E-state index in [2.05, 4.69) is 16.0 Å². The number of rotatable bonds is 20. The molecule has 1 unspecified atom stereocenters. The summed E-state index contributed by atoms with van der Waals surface area (Å²) in [6.07, 6.45) is 3.74. The molecular formula is C51H50Cl3N5O10. The molecule has 2 saturated heterocycles. The molecule has 2 atom stereocenters. The van der Waals surface area contributed by atoms with E-state index >= 15 is 0 Å². The number of carbonyl (C=O) groups is 7. The molecule has 4 aromatic carbocycles. The highest BCUT2D eigenvalue weighted by Crippen LogP contribution is 2.33. The van der Waals surface area contributed by atoms with Gasteiger partial charge in [-0.1, -0.05) is 89.4 Å². The molecule has 6 amide bonds. The van der Waals surface area contributed by atoms with Crippen molar-refractivity contribution in [1.29, 1.82) is 0 Å². The van der Waals surface area contributed by atoms with E-state index in [4.69, 9.17) is 49.0 Å². The Hall–Kier alpha value is -6.20. The van der Waals surface area contributed by atoms with Crippen LogP contribution < -0.4 is 16.0 Å². The van der Waals surface area contributed by atoms with Crippen LogP contribution in [0.4, 0.5) is 5.69 Å². The minimum absolute atomic E-state index is 0.00360. The van der Waals surface area contributed by atoms with Crippen LogP contribution >= 0.6 is 34.8 Å². The first-order valence-electron chi connectivity index (χ1n) is 22.4. The second-order valence-corrected chi connectivity index (χ2v) is 17.8. The lowest BCUT2D eigenvalue weighted by atomic mass is 9.93. The molecule has 69 heavy (non-hydrogen) atoms. The zero-order chi connectivity index (χ0) is 49.0. The van der Waals surface area contributed by atoms with Crippen LogP contribution in [0.2, 0.25) is 15.1 Å². The largest absolute Gasteiger partial charge is 0.382 e. The maximum absolute atomic E-state index is 14.5. The van der Waals surface area contributed by atoms with Gasteiger partial charge in [-0.3, -0.25) is 43.8 Å². The summed E-state index contributed by atoms with van der Waals surface area (Å²) in [5.41, 5.74) is 4.59. The number of nitrogens with zero attached hydrogens (tertiary/aromatic N) is 2. The molecular weight excluding hydrogens is 949 g/mol. The van der Waals surface area contributed by atoms with Crippen molar-refractivity contribution in [3.05, 3.63) is 145 Å². The molecule has 3 N–H and O–H groups in total. The van der Waals surface area contributed by atoms with E-state index < -0.39 is 35.7 Å². The second kappa shape index (κ2) is 23.9. The number of fused-ring (bicyclic) bond motifs is 1. The molecule has 15 nitrogen and oxygen atoms in total. The summed E-state index contributed by atoms with van der Waals surface area (Å²) >= 11 is 18.7. The van der Waals surface area contributed by atoms with Crippen molar-refractivity contribution in [2.24, 2.45) is 0 Å². The molecule has 3 aliphatic rings. The second-order valence-electron chi connectivity index (χ2n) is 16.5. The number of benzene rings is 4.